The molecule has 0 radical (unpaired) electrons. The molecule has 0 amide bonds. The maximum atomic E-state index is 4.43. The Labute approximate surface area is 125 Å². The molecule has 0 saturated carbocycles. The lowest BCUT2D eigenvalue weighted by Gasteiger charge is -2.03. The largest absolute Gasteiger partial charge is 0.287 e. The summed E-state index contributed by atoms with van der Waals surface area (Å²) in [4.78, 5) is 8.61. The molecule has 3 aromatic heterocycles. The van der Waals surface area contributed by atoms with E-state index in [0.29, 0.717) is 0 Å². The standard InChI is InChI=1S/C13H13N5S2/c1-9-14-5-6-18(9)12-3-4-13(17-16-12)20-8-11-7-19-10(2)15-11/h3-7H,8H2,1-2H3. The van der Waals surface area contributed by atoms with Crippen LogP contribution in [-0.4, -0.2) is 24.7 Å². The van der Waals surface area contributed by atoms with E-state index >= 15 is 0 Å². The van der Waals surface area contributed by atoms with Crippen LogP contribution in [0.15, 0.2) is 34.9 Å². The number of aromatic nitrogens is 5. The minimum atomic E-state index is 0.786. The van der Waals surface area contributed by atoms with E-state index in [1.54, 1.807) is 29.3 Å². The van der Waals surface area contributed by atoms with Crippen LogP contribution in [0.25, 0.3) is 5.82 Å². The van der Waals surface area contributed by atoms with Crippen LogP contribution in [0.5, 0.6) is 0 Å². The van der Waals surface area contributed by atoms with Gasteiger partial charge >= 0.3 is 0 Å². The van der Waals surface area contributed by atoms with E-state index in [1.165, 1.54) is 0 Å². The molecule has 0 spiro atoms. The van der Waals surface area contributed by atoms with Crippen molar-refractivity contribution in [2.75, 3.05) is 0 Å². The first-order valence-corrected chi connectivity index (χ1v) is 7.97. The maximum absolute atomic E-state index is 4.43. The minimum absolute atomic E-state index is 0.786. The average Bonchev–Trinajstić information content (AvgIpc) is 3.06. The van der Waals surface area contributed by atoms with Gasteiger partial charge in [-0.15, -0.1) is 21.5 Å². The lowest BCUT2D eigenvalue weighted by atomic mass is 10.5. The molecule has 0 bridgehead atoms. The molecule has 0 aliphatic heterocycles. The normalized spacial score (nSPS) is 10.9. The molecule has 102 valence electrons. The summed E-state index contributed by atoms with van der Waals surface area (Å²) >= 11 is 3.31. The summed E-state index contributed by atoms with van der Waals surface area (Å²) < 4.78 is 1.91. The van der Waals surface area contributed by atoms with E-state index in [1.807, 2.05) is 36.7 Å². The van der Waals surface area contributed by atoms with Crippen LogP contribution in [0.1, 0.15) is 16.5 Å². The number of aryl methyl sites for hydroxylation is 2. The van der Waals surface area contributed by atoms with Crippen LogP contribution in [-0.2, 0) is 5.75 Å². The summed E-state index contributed by atoms with van der Waals surface area (Å²) in [5.41, 5.74) is 1.09. The number of nitrogens with zero attached hydrogens (tertiary/aromatic N) is 5. The zero-order valence-corrected chi connectivity index (χ0v) is 12.8. The Hall–Kier alpha value is -1.73. The molecule has 20 heavy (non-hydrogen) atoms. The quantitative estimate of drug-likeness (QED) is 0.693. The predicted octanol–water partition coefficient (Wildman–Crippen LogP) is 3.03. The Bertz CT molecular complexity index is 702. The molecule has 0 atom stereocenters. The van der Waals surface area contributed by atoms with Crippen LogP contribution in [0, 0.1) is 13.8 Å². The van der Waals surface area contributed by atoms with Gasteiger partial charge in [-0.1, -0.05) is 11.8 Å². The monoisotopic (exact) mass is 303 g/mol. The fourth-order valence-corrected chi connectivity index (χ4v) is 3.19. The van der Waals surface area contributed by atoms with Gasteiger partial charge in [0.05, 0.1) is 10.7 Å². The number of hydrogen-bond donors (Lipinski definition) is 0. The van der Waals surface area contributed by atoms with Gasteiger partial charge in [-0.3, -0.25) is 4.57 Å². The van der Waals surface area contributed by atoms with Crippen molar-refractivity contribution in [3.05, 3.63) is 46.4 Å². The second-order valence-corrected chi connectivity index (χ2v) is 6.28. The summed E-state index contributed by atoms with van der Waals surface area (Å²) in [6.07, 6.45) is 3.63. The predicted molar refractivity (Wildman–Crippen MR) is 80.3 cm³/mol. The maximum Gasteiger partial charge on any atom is 0.160 e. The number of imidazole rings is 1. The van der Waals surface area contributed by atoms with Gasteiger partial charge in [0.1, 0.15) is 10.9 Å². The van der Waals surface area contributed by atoms with Crippen molar-refractivity contribution >= 4 is 23.1 Å². The van der Waals surface area contributed by atoms with Crippen LogP contribution in [0.4, 0.5) is 0 Å². The Morgan fingerprint density at radius 3 is 2.75 bits per heavy atom. The Kier molecular flexibility index (Phi) is 3.79. The van der Waals surface area contributed by atoms with E-state index in [9.17, 15) is 0 Å². The van der Waals surface area contributed by atoms with Gasteiger partial charge in [-0.2, -0.15) is 0 Å². The van der Waals surface area contributed by atoms with Gasteiger partial charge in [0.15, 0.2) is 5.82 Å². The molecule has 0 aliphatic rings. The fourth-order valence-electron chi connectivity index (χ4n) is 1.76. The molecule has 0 aromatic carbocycles. The lowest BCUT2D eigenvalue weighted by Crippen LogP contribution is -2.00. The van der Waals surface area contributed by atoms with Crippen LogP contribution < -0.4 is 0 Å². The third kappa shape index (κ3) is 2.88. The smallest absolute Gasteiger partial charge is 0.160 e. The summed E-state index contributed by atoms with van der Waals surface area (Å²) in [7, 11) is 0. The van der Waals surface area contributed by atoms with Gasteiger partial charge < -0.3 is 0 Å². The number of thiazole rings is 1. The second-order valence-electron chi connectivity index (χ2n) is 4.22. The molecular formula is C13H13N5S2. The Balaban J connectivity index is 1.69. The van der Waals surface area contributed by atoms with Crippen molar-refractivity contribution in [3.63, 3.8) is 0 Å². The van der Waals surface area contributed by atoms with Crippen LogP contribution in [0.2, 0.25) is 0 Å². The molecule has 0 saturated heterocycles. The van der Waals surface area contributed by atoms with Gasteiger partial charge in [-0.25, -0.2) is 9.97 Å². The van der Waals surface area contributed by atoms with Crippen molar-refractivity contribution in [2.24, 2.45) is 0 Å². The zero-order chi connectivity index (χ0) is 13.9. The highest BCUT2D eigenvalue weighted by atomic mass is 32.2. The van der Waals surface area contributed by atoms with Crippen LogP contribution in [0.3, 0.4) is 0 Å². The van der Waals surface area contributed by atoms with Crippen molar-refractivity contribution in [1.82, 2.24) is 24.7 Å². The summed E-state index contributed by atoms with van der Waals surface area (Å²) in [5, 5.41) is 12.5. The number of hydrogen-bond acceptors (Lipinski definition) is 6. The zero-order valence-electron chi connectivity index (χ0n) is 11.1. The first-order valence-electron chi connectivity index (χ1n) is 6.10. The SMILES string of the molecule is Cc1nc(CSc2ccc(-n3ccnc3C)nn2)cs1. The Morgan fingerprint density at radius 1 is 1.25 bits per heavy atom. The molecule has 0 unspecified atom stereocenters. The molecular weight excluding hydrogens is 290 g/mol. The topological polar surface area (TPSA) is 56.5 Å². The van der Waals surface area contributed by atoms with Gasteiger partial charge in [0.25, 0.3) is 0 Å². The van der Waals surface area contributed by atoms with Crippen molar-refractivity contribution in [2.45, 2.75) is 24.6 Å². The molecule has 5 nitrogen and oxygen atoms in total. The number of thioether (sulfide) groups is 1. The molecule has 0 fully saturated rings. The number of rotatable bonds is 4. The van der Waals surface area contributed by atoms with E-state index < -0.39 is 0 Å². The molecule has 3 heterocycles. The highest BCUT2D eigenvalue weighted by molar-refractivity contribution is 7.98. The van der Waals surface area contributed by atoms with E-state index in [2.05, 4.69) is 25.5 Å². The van der Waals surface area contributed by atoms with E-state index in [4.69, 9.17) is 0 Å². The second kappa shape index (κ2) is 5.72. The van der Waals surface area contributed by atoms with Gasteiger partial charge in [-0.05, 0) is 26.0 Å². The molecule has 7 heteroatoms. The van der Waals surface area contributed by atoms with Crippen molar-refractivity contribution in [3.8, 4) is 5.82 Å². The van der Waals surface area contributed by atoms with E-state index in [-0.39, 0.29) is 0 Å². The average molecular weight is 303 g/mol. The third-order valence-electron chi connectivity index (χ3n) is 2.73. The lowest BCUT2D eigenvalue weighted by molar-refractivity contribution is 0.841. The minimum Gasteiger partial charge on any atom is -0.287 e. The summed E-state index contributed by atoms with van der Waals surface area (Å²) in [6.45, 7) is 3.95. The van der Waals surface area contributed by atoms with E-state index in [0.717, 1.165) is 33.1 Å². The highest BCUT2D eigenvalue weighted by Gasteiger charge is 2.05. The third-order valence-corrected chi connectivity index (χ3v) is 4.51. The van der Waals surface area contributed by atoms with Crippen molar-refractivity contribution < 1.29 is 0 Å². The first kappa shape index (κ1) is 13.3. The van der Waals surface area contributed by atoms with Gasteiger partial charge in [0, 0.05) is 23.5 Å². The Morgan fingerprint density at radius 2 is 2.15 bits per heavy atom. The molecule has 3 rings (SSSR count). The molecule has 0 aliphatic carbocycles. The van der Waals surface area contributed by atoms with Gasteiger partial charge in [0.2, 0.25) is 0 Å². The first-order chi connectivity index (χ1) is 9.72. The summed E-state index contributed by atoms with van der Waals surface area (Å²) in [6, 6.07) is 3.93. The molecule has 0 N–H and O–H groups in total. The van der Waals surface area contributed by atoms with Crippen LogP contribution >= 0.6 is 23.1 Å². The highest BCUT2D eigenvalue weighted by Crippen LogP contribution is 2.21. The van der Waals surface area contributed by atoms with Crippen molar-refractivity contribution in [1.29, 1.82) is 0 Å². The summed E-state index contributed by atoms with van der Waals surface area (Å²) in [5.74, 6) is 2.51. The fraction of sp³-hybridized carbons (Fsp3) is 0.231. The molecule has 3 aromatic rings.